The first-order chi connectivity index (χ1) is 13.4. The minimum absolute atomic E-state index is 0.00116. The van der Waals surface area contributed by atoms with Crippen molar-refractivity contribution in [3.8, 4) is 5.75 Å². The van der Waals surface area contributed by atoms with E-state index in [-0.39, 0.29) is 38.9 Å². The fourth-order valence-corrected chi connectivity index (χ4v) is 2.73. The predicted octanol–water partition coefficient (Wildman–Crippen LogP) is 2.21. The third kappa shape index (κ3) is 6.90. The first-order valence-corrected chi connectivity index (χ1v) is 8.75. The van der Waals surface area contributed by atoms with Crippen LogP contribution in [0.3, 0.4) is 0 Å². The van der Waals surface area contributed by atoms with Crippen molar-refractivity contribution in [2.75, 3.05) is 13.2 Å². The SMILES string of the molecule is C=CCOc1cc(F)cc(CC(NC(=O)CCCC(=O)O)C2COC(=O)O2)c1. The standard InChI is InChI=1S/C19H22FNO7/c1-2-6-26-14-8-12(7-13(20)10-14)9-15(16-11-27-19(25)28-16)21-17(22)4-3-5-18(23)24/h2,7-8,10,15-16H,1,3-6,9,11H2,(H,21,22)(H,23,24). The fourth-order valence-electron chi connectivity index (χ4n) is 2.73. The van der Waals surface area contributed by atoms with E-state index in [1.165, 1.54) is 18.2 Å². The molecule has 1 aliphatic rings. The number of carboxylic acids is 1. The summed E-state index contributed by atoms with van der Waals surface area (Å²) in [5, 5.41) is 11.4. The van der Waals surface area contributed by atoms with E-state index in [9.17, 15) is 18.8 Å². The van der Waals surface area contributed by atoms with Crippen LogP contribution in [0.25, 0.3) is 0 Å². The van der Waals surface area contributed by atoms with E-state index in [1.54, 1.807) is 6.07 Å². The van der Waals surface area contributed by atoms with Gasteiger partial charge in [0.05, 0.1) is 6.04 Å². The summed E-state index contributed by atoms with van der Waals surface area (Å²) in [6.07, 6.45) is 0.151. The third-order valence-corrected chi connectivity index (χ3v) is 3.96. The molecular formula is C19H22FNO7. The minimum Gasteiger partial charge on any atom is -0.489 e. The summed E-state index contributed by atoms with van der Waals surface area (Å²) >= 11 is 0. The van der Waals surface area contributed by atoms with Crippen molar-refractivity contribution in [2.24, 2.45) is 0 Å². The number of halogens is 1. The average Bonchev–Trinajstić information content (AvgIpc) is 3.05. The van der Waals surface area contributed by atoms with E-state index in [0.717, 1.165) is 0 Å². The van der Waals surface area contributed by atoms with Crippen LogP contribution < -0.4 is 10.1 Å². The number of hydrogen-bond acceptors (Lipinski definition) is 6. The van der Waals surface area contributed by atoms with E-state index in [4.69, 9.17) is 19.3 Å². The molecule has 9 heteroatoms. The maximum atomic E-state index is 13.9. The number of aliphatic carboxylic acids is 1. The lowest BCUT2D eigenvalue weighted by Crippen LogP contribution is -2.46. The molecule has 0 aliphatic carbocycles. The molecule has 0 bridgehead atoms. The first-order valence-electron chi connectivity index (χ1n) is 8.75. The molecule has 1 fully saturated rings. The summed E-state index contributed by atoms with van der Waals surface area (Å²) in [6, 6.07) is 3.47. The number of carbonyl (C=O) groups excluding carboxylic acids is 2. The zero-order valence-corrected chi connectivity index (χ0v) is 15.2. The van der Waals surface area contributed by atoms with E-state index < -0.39 is 36.0 Å². The third-order valence-electron chi connectivity index (χ3n) is 3.96. The molecule has 152 valence electrons. The highest BCUT2D eigenvalue weighted by atomic mass is 19.1. The smallest absolute Gasteiger partial charge is 0.489 e. The van der Waals surface area contributed by atoms with Crippen LogP contribution in [-0.4, -0.2) is 48.5 Å². The number of cyclic esters (lactones) is 2. The number of nitrogens with one attached hydrogen (secondary N) is 1. The molecular weight excluding hydrogens is 373 g/mol. The van der Waals surface area contributed by atoms with Gasteiger partial charge in [-0.15, -0.1) is 0 Å². The molecule has 0 radical (unpaired) electrons. The van der Waals surface area contributed by atoms with Crippen LogP contribution in [0, 0.1) is 5.82 Å². The number of carbonyl (C=O) groups is 3. The largest absolute Gasteiger partial charge is 0.508 e. The number of hydrogen-bond donors (Lipinski definition) is 2. The summed E-state index contributed by atoms with van der Waals surface area (Å²) in [4.78, 5) is 34.0. The highest BCUT2D eigenvalue weighted by molar-refractivity contribution is 5.77. The maximum Gasteiger partial charge on any atom is 0.508 e. The topological polar surface area (TPSA) is 111 Å². The van der Waals surface area contributed by atoms with Crippen molar-refractivity contribution in [1.82, 2.24) is 5.32 Å². The molecule has 2 rings (SSSR count). The van der Waals surface area contributed by atoms with Crippen LogP contribution in [-0.2, 0) is 25.5 Å². The maximum absolute atomic E-state index is 13.9. The molecule has 2 N–H and O–H groups in total. The van der Waals surface area contributed by atoms with Gasteiger partial charge in [0, 0.05) is 18.9 Å². The minimum atomic E-state index is -0.991. The number of ether oxygens (including phenoxy) is 3. The average molecular weight is 395 g/mol. The van der Waals surface area contributed by atoms with Gasteiger partial charge in [-0.2, -0.15) is 0 Å². The van der Waals surface area contributed by atoms with Gasteiger partial charge in [-0.3, -0.25) is 9.59 Å². The molecule has 1 aromatic carbocycles. The Balaban J connectivity index is 2.08. The molecule has 1 saturated heterocycles. The Bertz CT molecular complexity index is 737. The van der Waals surface area contributed by atoms with Gasteiger partial charge in [-0.1, -0.05) is 12.7 Å². The molecule has 2 unspecified atom stereocenters. The van der Waals surface area contributed by atoms with E-state index >= 15 is 0 Å². The lowest BCUT2D eigenvalue weighted by atomic mass is 10.0. The Hall–Kier alpha value is -3.10. The lowest BCUT2D eigenvalue weighted by Gasteiger charge is -2.22. The summed E-state index contributed by atoms with van der Waals surface area (Å²) in [5.41, 5.74) is 0.526. The van der Waals surface area contributed by atoms with E-state index in [1.807, 2.05) is 0 Å². The Morgan fingerprint density at radius 1 is 1.39 bits per heavy atom. The second kappa shape index (κ2) is 10.3. The summed E-state index contributed by atoms with van der Waals surface area (Å²) in [6.45, 7) is 3.69. The lowest BCUT2D eigenvalue weighted by molar-refractivity contribution is -0.137. The van der Waals surface area contributed by atoms with Crippen LogP contribution in [0.4, 0.5) is 9.18 Å². The van der Waals surface area contributed by atoms with Crippen LogP contribution in [0.2, 0.25) is 0 Å². The molecule has 0 aromatic heterocycles. The van der Waals surface area contributed by atoms with Crippen molar-refractivity contribution >= 4 is 18.0 Å². The van der Waals surface area contributed by atoms with Crippen molar-refractivity contribution < 1.29 is 38.1 Å². The molecule has 1 aromatic rings. The summed E-state index contributed by atoms with van der Waals surface area (Å²) < 4.78 is 29.1. The molecule has 0 spiro atoms. The van der Waals surface area contributed by atoms with Crippen LogP contribution >= 0.6 is 0 Å². The number of rotatable bonds is 11. The number of benzene rings is 1. The molecule has 8 nitrogen and oxygen atoms in total. The van der Waals surface area contributed by atoms with Gasteiger partial charge >= 0.3 is 12.1 Å². The Kier molecular flexibility index (Phi) is 7.79. The van der Waals surface area contributed by atoms with Gasteiger partial charge in [0.15, 0.2) is 6.10 Å². The van der Waals surface area contributed by atoms with Gasteiger partial charge in [-0.05, 0) is 30.5 Å². The zero-order chi connectivity index (χ0) is 20.5. The normalized spacial score (nSPS) is 16.6. The van der Waals surface area contributed by atoms with Crippen molar-refractivity contribution in [3.05, 3.63) is 42.2 Å². The highest BCUT2D eigenvalue weighted by Gasteiger charge is 2.34. The molecule has 1 heterocycles. The highest BCUT2D eigenvalue weighted by Crippen LogP contribution is 2.21. The monoisotopic (exact) mass is 395 g/mol. The van der Waals surface area contributed by atoms with Gasteiger partial charge < -0.3 is 24.6 Å². The molecule has 1 aliphatic heterocycles. The van der Waals surface area contributed by atoms with Crippen molar-refractivity contribution in [2.45, 2.75) is 37.8 Å². The zero-order valence-electron chi connectivity index (χ0n) is 15.2. The quantitative estimate of drug-likeness (QED) is 0.436. The van der Waals surface area contributed by atoms with Crippen LogP contribution in [0.15, 0.2) is 30.9 Å². The fraction of sp³-hybridized carbons (Fsp3) is 0.421. The van der Waals surface area contributed by atoms with E-state index in [2.05, 4.69) is 11.9 Å². The Morgan fingerprint density at radius 3 is 2.82 bits per heavy atom. The Labute approximate surface area is 161 Å². The molecule has 0 saturated carbocycles. The Morgan fingerprint density at radius 2 is 2.18 bits per heavy atom. The van der Waals surface area contributed by atoms with Gasteiger partial charge in [0.2, 0.25) is 5.91 Å². The molecule has 28 heavy (non-hydrogen) atoms. The molecule has 2 atom stereocenters. The first kappa shape index (κ1) is 21.2. The summed E-state index contributed by atoms with van der Waals surface area (Å²) in [7, 11) is 0. The van der Waals surface area contributed by atoms with Crippen LogP contribution in [0.5, 0.6) is 5.75 Å². The van der Waals surface area contributed by atoms with E-state index in [0.29, 0.717) is 11.3 Å². The van der Waals surface area contributed by atoms with Gasteiger partial charge in [-0.25, -0.2) is 9.18 Å². The second-order valence-electron chi connectivity index (χ2n) is 6.24. The van der Waals surface area contributed by atoms with Gasteiger partial charge in [0.25, 0.3) is 0 Å². The number of amides is 1. The number of carboxylic acid groups (broad SMARTS) is 1. The van der Waals surface area contributed by atoms with Gasteiger partial charge in [0.1, 0.15) is 24.8 Å². The van der Waals surface area contributed by atoms with Crippen molar-refractivity contribution in [1.29, 1.82) is 0 Å². The van der Waals surface area contributed by atoms with Crippen LogP contribution in [0.1, 0.15) is 24.8 Å². The molecule has 1 amide bonds. The van der Waals surface area contributed by atoms with Crippen molar-refractivity contribution in [3.63, 3.8) is 0 Å². The predicted molar refractivity (Wildman–Crippen MR) is 95.4 cm³/mol. The second-order valence-corrected chi connectivity index (χ2v) is 6.24. The summed E-state index contributed by atoms with van der Waals surface area (Å²) in [5.74, 6) is -1.59.